The van der Waals surface area contributed by atoms with Crippen LogP contribution in [0.4, 0.5) is 5.82 Å². The van der Waals surface area contributed by atoms with Crippen LogP contribution in [0.5, 0.6) is 0 Å². The van der Waals surface area contributed by atoms with E-state index in [0.717, 1.165) is 49.2 Å². The van der Waals surface area contributed by atoms with Crippen LogP contribution in [0.2, 0.25) is 0 Å². The Morgan fingerprint density at radius 1 is 1.40 bits per heavy atom. The average molecular weight is 291 g/mol. The molecular weight excluding hydrogens is 270 g/mol. The summed E-state index contributed by atoms with van der Waals surface area (Å²) in [6, 6.07) is 2.14. The van der Waals surface area contributed by atoms with Crippen LogP contribution in [0, 0.1) is 5.92 Å². The number of aromatic nitrogens is 2. The van der Waals surface area contributed by atoms with Crippen molar-refractivity contribution >= 4 is 27.4 Å². The second-order valence-electron chi connectivity index (χ2n) is 5.22. The lowest BCUT2D eigenvalue weighted by molar-refractivity contribution is 0.117. The lowest BCUT2D eigenvalue weighted by Gasteiger charge is -2.19. The van der Waals surface area contributed by atoms with Gasteiger partial charge in [-0.25, -0.2) is 9.97 Å². The summed E-state index contributed by atoms with van der Waals surface area (Å²) in [6.45, 7) is 7.96. The van der Waals surface area contributed by atoms with E-state index in [4.69, 9.17) is 9.72 Å². The van der Waals surface area contributed by atoms with E-state index >= 15 is 0 Å². The topological polar surface area (TPSA) is 38.2 Å². The van der Waals surface area contributed by atoms with Gasteiger partial charge in [0.25, 0.3) is 0 Å². The zero-order chi connectivity index (χ0) is 13.9. The Labute approximate surface area is 123 Å². The number of ether oxygens (including phenoxy) is 1. The minimum Gasteiger partial charge on any atom is -0.381 e. The molecule has 0 spiro atoms. The van der Waals surface area contributed by atoms with Crippen molar-refractivity contribution in [3.63, 3.8) is 0 Å². The minimum atomic E-state index is 0.628. The van der Waals surface area contributed by atoms with Gasteiger partial charge in [0.15, 0.2) is 0 Å². The molecule has 0 aliphatic carbocycles. The zero-order valence-electron chi connectivity index (χ0n) is 12.1. The second-order valence-corrected chi connectivity index (χ2v) is 6.11. The van der Waals surface area contributed by atoms with Gasteiger partial charge >= 0.3 is 0 Å². The van der Waals surface area contributed by atoms with Crippen LogP contribution in [0.3, 0.4) is 0 Å². The van der Waals surface area contributed by atoms with E-state index in [-0.39, 0.29) is 0 Å². The highest BCUT2D eigenvalue weighted by Crippen LogP contribution is 2.31. The third kappa shape index (κ3) is 2.65. The van der Waals surface area contributed by atoms with Gasteiger partial charge < -0.3 is 9.64 Å². The molecule has 5 heteroatoms. The molecule has 3 heterocycles. The van der Waals surface area contributed by atoms with E-state index in [1.54, 1.807) is 11.3 Å². The second kappa shape index (κ2) is 6.06. The van der Waals surface area contributed by atoms with Crippen LogP contribution in [-0.4, -0.2) is 36.3 Å². The maximum atomic E-state index is 5.56. The molecule has 2 aromatic heterocycles. The van der Waals surface area contributed by atoms with Crippen molar-refractivity contribution < 1.29 is 4.74 Å². The Hall–Kier alpha value is -1.20. The molecule has 108 valence electrons. The van der Waals surface area contributed by atoms with E-state index in [9.17, 15) is 0 Å². The largest absolute Gasteiger partial charge is 0.381 e. The Balaban J connectivity index is 1.85. The summed E-state index contributed by atoms with van der Waals surface area (Å²) >= 11 is 1.70. The fourth-order valence-corrected chi connectivity index (χ4v) is 3.50. The molecule has 3 rings (SSSR count). The van der Waals surface area contributed by atoms with E-state index in [0.29, 0.717) is 5.92 Å². The van der Waals surface area contributed by atoms with Gasteiger partial charge in [0.2, 0.25) is 0 Å². The van der Waals surface area contributed by atoms with Gasteiger partial charge in [-0.1, -0.05) is 6.92 Å². The third-order valence-corrected chi connectivity index (χ3v) is 4.62. The number of hydrogen-bond donors (Lipinski definition) is 0. The summed E-state index contributed by atoms with van der Waals surface area (Å²) in [5.74, 6) is 2.69. The van der Waals surface area contributed by atoms with Crippen LogP contribution in [-0.2, 0) is 11.2 Å². The number of aryl methyl sites for hydroxylation is 1. The van der Waals surface area contributed by atoms with Gasteiger partial charge in [0.05, 0.1) is 12.0 Å². The molecule has 0 amide bonds. The standard InChI is InChI=1S/C15H21N3OS/c1-3-13-16-14(12-6-8-20-15(12)17-13)18-7-5-11(9-18)10-19-4-2/h6,8,11H,3-5,7,9-10H2,1-2H3. The number of thiophene rings is 1. The van der Waals surface area contributed by atoms with Gasteiger partial charge in [-0.15, -0.1) is 11.3 Å². The fraction of sp³-hybridized carbons (Fsp3) is 0.600. The van der Waals surface area contributed by atoms with Crippen LogP contribution in [0.25, 0.3) is 10.2 Å². The van der Waals surface area contributed by atoms with Gasteiger partial charge in [-0.05, 0) is 24.8 Å². The average Bonchev–Trinajstić information content (AvgIpc) is 3.12. The first-order valence-corrected chi connectivity index (χ1v) is 8.26. The van der Waals surface area contributed by atoms with E-state index < -0.39 is 0 Å². The fourth-order valence-electron chi connectivity index (χ4n) is 2.73. The van der Waals surface area contributed by atoms with Crippen molar-refractivity contribution in [1.82, 2.24) is 9.97 Å². The van der Waals surface area contributed by atoms with Crippen LogP contribution < -0.4 is 4.90 Å². The zero-order valence-corrected chi connectivity index (χ0v) is 12.9. The number of fused-ring (bicyclic) bond motifs is 1. The summed E-state index contributed by atoms with van der Waals surface area (Å²) in [5, 5.41) is 3.31. The molecule has 1 unspecified atom stereocenters. The van der Waals surface area contributed by atoms with E-state index in [1.165, 1.54) is 11.8 Å². The lowest BCUT2D eigenvalue weighted by atomic mass is 10.1. The summed E-state index contributed by atoms with van der Waals surface area (Å²) in [7, 11) is 0. The first-order valence-electron chi connectivity index (χ1n) is 7.38. The number of rotatable bonds is 5. The Kier molecular flexibility index (Phi) is 4.17. The Bertz CT molecular complexity index is 584. The molecular formula is C15H21N3OS. The van der Waals surface area contributed by atoms with Crippen LogP contribution in [0.15, 0.2) is 11.4 Å². The quantitative estimate of drug-likeness (QED) is 0.848. The molecule has 20 heavy (non-hydrogen) atoms. The number of nitrogens with zero attached hydrogens (tertiary/aromatic N) is 3. The monoisotopic (exact) mass is 291 g/mol. The van der Waals surface area contributed by atoms with Crippen molar-refractivity contribution in [3.05, 3.63) is 17.3 Å². The Morgan fingerprint density at radius 3 is 3.10 bits per heavy atom. The molecule has 1 aliphatic rings. The molecule has 0 aromatic carbocycles. The van der Waals surface area contributed by atoms with Gasteiger partial charge in [0.1, 0.15) is 16.5 Å². The molecule has 0 N–H and O–H groups in total. The predicted octanol–water partition coefficient (Wildman–Crippen LogP) is 3.12. The van der Waals surface area contributed by atoms with Crippen molar-refractivity contribution in [1.29, 1.82) is 0 Å². The summed E-state index contributed by atoms with van der Waals surface area (Å²) in [6.07, 6.45) is 2.08. The summed E-state index contributed by atoms with van der Waals surface area (Å²) in [5.41, 5.74) is 0. The van der Waals surface area contributed by atoms with E-state index in [1.807, 2.05) is 0 Å². The molecule has 4 nitrogen and oxygen atoms in total. The number of hydrogen-bond acceptors (Lipinski definition) is 5. The normalized spacial score (nSPS) is 19.1. The highest BCUT2D eigenvalue weighted by molar-refractivity contribution is 7.16. The molecule has 1 atom stereocenters. The predicted molar refractivity (Wildman–Crippen MR) is 83.6 cm³/mol. The van der Waals surface area contributed by atoms with Crippen molar-refractivity contribution in [2.24, 2.45) is 5.92 Å². The molecule has 0 bridgehead atoms. The van der Waals surface area contributed by atoms with Crippen molar-refractivity contribution in [3.8, 4) is 0 Å². The smallest absolute Gasteiger partial charge is 0.141 e. The van der Waals surface area contributed by atoms with E-state index in [2.05, 4.69) is 35.2 Å². The van der Waals surface area contributed by atoms with Crippen molar-refractivity contribution in [2.75, 3.05) is 31.2 Å². The summed E-state index contributed by atoms with van der Waals surface area (Å²) in [4.78, 5) is 12.9. The van der Waals surface area contributed by atoms with Crippen LogP contribution in [0.1, 0.15) is 26.1 Å². The molecule has 1 fully saturated rings. The van der Waals surface area contributed by atoms with Gasteiger partial charge in [-0.2, -0.15) is 0 Å². The third-order valence-electron chi connectivity index (χ3n) is 3.81. The maximum Gasteiger partial charge on any atom is 0.141 e. The van der Waals surface area contributed by atoms with Crippen molar-refractivity contribution in [2.45, 2.75) is 26.7 Å². The van der Waals surface area contributed by atoms with Gasteiger partial charge in [-0.3, -0.25) is 0 Å². The molecule has 1 saturated heterocycles. The molecule has 0 radical (unpaired) electrons. The molecule has 0 saturated carbocycles. The highest BCUT2D eigenvalue weighted by Gasteiger charge is 2.25. The van der Waals surface area contributed by atoms with Crippen LogP contribution >= 0.6 is 11.3 Å². The summed E-state index contributed by atoms with van der Waals surface area (Å²) < 4.78 is 5.56. The van der Waals surface area contributed by atoms with Gasteiger partial charge in [0, 0.05) is 32.0 Å². The lowest BCUT2D eigenvalue weighted by Crippen LogP contribution is -2.23. The highest BCUT2D eigenvalue weighted by atomic mass is 32.1. The molecule has 2 aromatic rings. The maximum absolute atomic E-state index is 5.56. The Morgan fingerprint density at radius 2 is 2.30 bits per heavy atom. The first kappa shape index (κ1) is 13.8. The number of anilines is 1. The first-order chi connectivity index (χ1) is 9.81. The minimum absolute atomic E-state index is 0.628. The SMILES string of the molecule is CCOCC1CCN(c2nc(CC)nc3sccc23)C1. The molecule has 1 aliphatic heterocycles.